The van der Waals surface area contributed by atoms with Crippen LogP contribution in [0.2, 0.25) is 0 Å². The maximum Gasteiger partial charge on any atom is 0.237 e. The number of thioether (sulfide) groups is 1. The van der Waals surface area contributed by atoms with Crippen LogP contribution in [0, 0.1) is 13.8 Å². The van der Waals surface area contributed by atoms with Gasteiger partial charge in [-0.1, -0.05) is 16.9 Å². The number of hydrogen-bond acceptors (Lipinski definition) is 7. The Labute approximate surface area is 116 Å². The second kappa shape index (κ2) is 5.26. The molecule has 0 unspecified atom stereocenters. The third-order valence-corrected chi connectivity index (χ3v) is 3.16. The Balaban J connectivity index is 2.04. The van der Waals surface area contributed by atoms with Crippen LogP contribution in [0.25, 0.3) is 0 Å². The summed E-state index contributed by atoms with van der Waals surface area (Å²) in [7, 11) is 0. The lowest BCUT2D eigenvalue weighted by Gasteiger charge is -2.11. The monoisotopic (exact) mass is 279 g/mol. The van der Waals surface area contributed by atoms with Crippen LogP contribution >= 0.6 is 11.8 Å². The molecule has 0 fully saturated rings. The molecule has 19 heavy (non-hydrogen) atoms. The summed E-state index contributed by atoms with van der Waals surface area (Å²) in [6.07, 6.45) is 0. The van der Waals surface area contributed by atoms with Crippen LogP contribution in [0.4, 0.5) is 0 Å². The van der Waals surface area contributed by atoms with Crippen LogP contribution < -0.4 is 5.73 Å². The summed E-state index contributed by atoms with van der Waals surface area (Å²) in [6, 6.07) is 1.94. The van der Waals surface area contributed by atoms with Crippen molar-refractivity contribution >= 4 is 11.8 Å². The Bertz CT molecular complexity index is 555. The molecule has 0 bridgehead atoms. The highest BCUT2D eigenvalue weighted by molar-refractivity contribution is 7.98. The van der Waals surface area contributed by atoms with E-state index in [1.54, 1.807) is 0 Å². The van der Waals surface area contributed by atoms with Gasteiger partial charge >= 0.3 is 0 Å². The molecule has 2 heterocycles. The maximum absolute atomic E-state index is 5.90. The summed E-state index contributed by atoms with van der Waals surface area (Å²) in [5, 5.41) is 4.58. The van der Waals surface area contributed by atoms with Gasteiger partial charge in [-0.2, -0.15) is 4.98 Å². The van der Waals surface area contributed by atoms with Gasteiger partial charge in [0.05, 0.1) is 11.3 Å². The quantitative estimate of drug-likeness (QED) is 0.675. The van der Waals surface area contributed by atoms with Crippen molar-refractivity contribution in [2.45, 2.75) is 44.1 Å². The highest BCUT2D eigenvalue weighted by atomic mass is 32.2. The first-order chi connectivity index (χ1) is 8.84. The predicted octanol–water partition coefficient (Wildman–Crippen LogP) is 1.96. The van der Waals surface area contributed by atoms with Gasteiger partial charge in [0, 0.05) is 11.4 Å². The normalized spacial score (nSPS) is 11.8. The first-order valence-electron chi connectivity index (χ1n) is 5.91. The highest BCUT2D eigenvalue weighted by Crippen LogP contribution is 2.20. The van der Waals surface area contributed by atoms with Crippen molar-refractivity contribution in [3.8, 4) is 0 Å². The molecule has 0 atom stereocenters. The van der Waals surface area contributed by atoms with Crippen molar-refractivity contribution in [1.82, 2.24) is 20.1 Å². The van der Waals surface area contributed by atoms with E-state index in [-0.39, 0.29) is 0 Å². The van der Waals surface area contributed by atoms with Crippen molar-refractivity contribution < 1.29 is 4.52 Å². The molecule has 2 N–H and O–H groups in total. The molecule has 0 radical (unpaired) electrons. The number of aryl methyl sites for hydroxylation is 2. The molecule has 0 saturated heterocycles. The molecule has 2 rings (SSSR count). The molecule has 7 heteroatoms. The Kier molecular flexibility index (Phi) is 3.86. The summed E-state index contributed by atoms with van der Waals surface area (Å²) in [5.41, 5.74) is 7.20. The molecular formula is C12H17N5OS. The number of hydrogen-bond donors (Lipinski definition) is 1. The molecule has 2 aromatic heterocycles. The van der Waals surface area contributed by atoms with Gasteiger partial charge in [-0.05, 0) is 33.8 Å². The average molecular weight is 279 g/mol. The first kappa shape index (κ1) is 14.0. The Morgan fingerprint density at radius 3 is 2.37 bits per heavy atom. The topological polar surface area (TPSA) is 90.7 Å². The average Bonchev–Trinajstić information content (AvgIpc) is 2.73. The van der Waals surface area contributed by atoms with Crippen LogP contribution in [0.15, 0.2) is 15.7 Å². The minimum Gasteiger partial charge on any atom is -0.338 e. The fourth-order valence-electron chi connectivity index (χ4n) is 1.46. The Morgan fingerprint density at radius 1 is 1.21 bits per heavy atom. The minimum atomic E-state index is -0.594. The number of nitrogens with two attached hydrogens (primary N) is 1. The van der Waals surface area contributed by atoms with E-state index in [2.05, 4.69) is 20.1 Å². The van der Waals surface area contributed by atoms with E-state index in [4.69, 9.17) is 10.3 Å². The third-order valence-electron chi connectivity index (χ3n) is 2.33. The predicted molar refractivity (Wildman–Crippen MR) is 72.6 cm³/mol. The van der Waals surface area contributed by atoms with E-state index in [0.717, 1.165) is 11.4 Å². The fourth-order valence-corrected chi connectivity index (χ4v) is 2.25. The standard InChI is InChI=1S/C12H17N5OS/c1-7-5-8(2)15-11(14-7)19-6-9-16-10(17-18-9)12(3,4)13/h5H,6,13H2,1-4H3. The molecule has 0 aliphatic carbocycles. The van der Waals surface area contributed by atoms with Gasteiger partial charge < -0.3 is 10.3 Å². The third kappa shape index (κ3) is 3.74. The number of aromatic nitrogens is 4. The molecule has 0 amide bonds. The second-order valence-electron chi connectivity index (χ2n) is 4.96. The molecule has 2 aromatic rings. The molecule has 0 aliphatic heterocycles. The van der Waals surface area contributed by atoms with Crippen molar-refractivity contribution in [1.29, 1.82) is 0 Å². The van der Waals surface area contributed by atoms with Crippen LogP contribution in [-0.4, -0.2) is 20.1 Å². The molecule has 102 valence electrons. The van der Waals surface area contributed by atoms with Gasteiger partial charge in [0.2, 0.25) is 5.89 Å². The number of nitrogens with zero attached hydrogens (tertiary/aromatic N) is 4. The molecule has 0 spiro atoms. The molecule has 0 aliphatic rings. The SMILES string of the molecule is Cc1cc(C)nc(SCc2nc(C(C)(C)N)no2)n1. The van der Waals surface area contributed by atoms with Gasteiger partial charge in [-0.25, -0.2) is 9.97 Å². The summed E-state index contributed by atoms with van der Waals surface area (Å²) in [5.74, 6) is 1.57. The lowest BCUT2D eigenvalue weighted by molar-refractivity contribution is 0.369. The zero-order chi connectivity index (χ0) is 14.0. The second-order valence-corrected chi connectivity index (χ2v) is 5.90. The smallest absolute Gasteiger partial charge is 0.237 e. The minimum absolute atomic E-state index is 0.504. The van der Waals surface area contributed by atoms with Gasteiger partial charge in [0.25, 0.3) is 0 Å². The van der Waals surface area contributed by atoms with Gasteiger partial charge in [0.1, 0.15) is 0 Å². The zero-order valence-corrected chi connectivity index (χ0v) is 12.3. The maximum atomic E-state index is 5.90. The number of rotatable bonds is 4. The summed E-state index contributed by atoms with van der Waals surface area (Å²) >= 11 is 1.47. The van der Waals surface area contributed by atoms with Crippen molar-refractivity contribution in [3.63, 3.8) is 0 Å². The largest absolute Gasteiger partial charge is 0.338 e. The summed E-state index contributed by atoms with van der Waals surface area (Å²) in [4.78, 5) is 12.9. The van der Waals surface area contributed by atoms with E-state index >= 15 is 0 Å². The van der Waals surface area contributed by atoms with E-state index in [9.17, 15) is 0 Å². The molecule has 0 saturated carbocycles. The lowest BCUT2D eigenvalue weighted by Crippen LogP contribution is -2.30. The van der Waals surface area contributed by atoms with Crippen molar-refractivity contribution in [2.24, 2.45) is 5.73 Å². The summed E-state index contributed by atoms with van der Waals surface area (Å²) < 4.78 is 5.16. The zero-order valence-electron chi connectivity index (χ0n) is 11.5. The Morgan fingerprint density at radius 2 is 1.84 bits per heavy atom. The van der Waals surface area contributed by atoms with E-state index in [1.807, 2.05) is 33.8 Å². The highest BCUT2D eigenvalue weighted by Gasteiger charge is 2.21. The van der Waals surface area contributed by atoms with E-state index in [0.29, 0.717) is 22.6 Å². The van der Waals surface area contributed by atoms with Crippen LogP contribution in [0.1, 0.15) is 37.0 Å². The van der Waals surface area contributed by atoms with Crippen molar-refractivity contribution in [3.05, 3.63) is 29.2 Å². The van der Waals surface area contributed by atoms with Crippen LogP contribution in [0.5, 0.6) is 0 Å². The van der Waals surface area contributed by atoms with Gasteiger partial charge in [-0.15, -0.1) is 0 Å². The van der Waals surface area contributed by atoms with E-state index in [1.165, 1.54) is 11.8 Å². The van der Waals surface area contributed by atoms with Crippen LogP contribution in [0.3, 0.4) is 0 Å². The van der Waals surface area contributed by atoms with Gasteiger partial charge in [-0.3, -0.25) is 0 Å². The molecule has 6 nitrogen and oxygen atoms in total. The molecule has 0 aromatic carbocycles. The van der Waals surface area contributed by atoms with Crippen molar-refractivity contribution in [2.75, 3.05) is 0 Å². The first-order valence-corrected chi connectivity index (χ1v) is 6.90. The van der Waals surface area contributed by atoms with Crippen LogP contribution in [-0.2, 0) is 11.3 Å². The summed E-state index contributed by atoms with van der Waals surface area (Å²) in [6.45, 7) is 7.56. The molecular weight excluding hydrogens is 262 g/mol. The van der Waals surface area contributed by atoms with E-state index < -0.39 is 5.54 Å². The van der Waals surface area contributed by atoms with Gasteiger partial charge in [0.15, 0.2) is 11.0 Å². The Hall–Kier alpha value is -1.47. The lowest BCUT2D eigenvalue weighted by atomic mass is 10.1. The fraction of sp³-hybridized carbons (Fsp3) is 0.500.